The van der Waals surface area contributed by atoms with E-state index in [-0.39, 0.29) is 30.0 Å². The smallest absolute Gasteiger partial charge is 0.338 e. The van der Waals surface area contributed by atoms with Crippen molar-refractivity contribution < 1.29 is 14.6 Å². The van der Waals surface area contributed by atoms with Crippen LogP contribution >= 0.6 is 0 Å². The number of fused-ring (bicyclic) bond motifs is 1. The minimum atomic E-state index is -0.370. The molecule has 0 saturated carbocycles. The Morgan fingerprint density at radius 2 is 1.97 bits per heavy atom. The summed E-state index contributed by atoms with van der Waals surface area (Å²) in [7, 11) is 0. The molecule has 0 saturated heterocycles. The van der Waals surface area contributed by atoms with E-state index < -0.39 is 0 Å². The van der Waals surface area contributed by atoms with Crippen LogP contribution in [0.1, 0.15) is 30.0 Å². The van der Waals surface area contributed by atoms with Gasteiger partial charge < -0.3 is 19.7 Å². The molecule has 4 rings (SSSR count). The van der Waals surface area contributed by atoms with Gasteiger partial charge in [-0.15, -0.1) is 0 Å². The van der Waals surface area contributed by atoms with Gasteiger partial charge in [-0.1, -0.05) is 26.0 Å². The molecule has 0 bridgehead atoms. The average Bonchev–Trinajstić information content (AvgIpc) is 3.26. The molecule has 3 N–H and O–H groups in total. The molecule has 0 aliphatic carbocycles. The second-order valence-corrected chi connectivity index (χ2v) is 7.40. The van der Waals surface area contributed by atoms with Crippen molar-refractivity contribution in [1.29, 1.82) is 5.41 Å². The van der Waals surface area contributed by atoms with Gasteiger partial charge in [0.25, 0.3) is 0 Å². The lowest BCUT2D eigenvalue weighted by molar-refractivity contribution is 0.0459. The summed E-state index contributed by atoms with van der Waals surface area (Å²) in [5.41, 5.74) is 3.15. The Kier molecular flexibility index (Phi) is 4.80. The summed E-state index contributed by atoms with van der Waals surface area (Å²) < 4.78 is 5.24. The van der Waals surface area contributed by atoms with Crippen LogP contribution in [-0.2, 0) is 4.74 Å². The third-order valence-corrected chi connectivity index (χ3v) is 4.69. The fourth-order valence-electron chi connectivity index (χ4n) is 3.22. The number of imidazole rings is 1. The molecule has 2 aromatic carbocycles. The second-order valence-electron chi connectivity index (χ2n) is 7.40. The highest BCUT2D eigenvalue weighted by atomic mass is 16.5. The average molecular weight is 390 g/mol. The number of amidine groups is 1. The van der Waals surface area contributed by atoms with E-state index in [2.05, 4.69) is 9.97 Å². The number of aliphatic hydroxyl groups is 1. The van der Waals surface area contributed by atoms with Crippen LogP contribution in [0.5, 0.6) is 0 Å². The Morgan fingerprint density at radius 1 is 1.24 bits per heavy atom. The molecule has 0 spiro atoms. The van der Waals surface area contributed by atoms with Crippen molar-refractivity contribution >= 4 is 34.1 Å². The largest absolute Gasteiger partial charge is 0.509 e. The zero-order valence-corrected chi connectivity index (χ0v) is 16.3. The van der Waals surface area contributed by atoms with Gasteiger partial charge >= 0.3 is 5.97 Å². The monoisotopic (exact) mass is 390 g/mol. The second kappa shape index (κ2) is 7.43. The Morgan fingerprint density at radius 3 is 2.66 bits per heavy atom. The summed E-state index contributed by atoms with van der Waals surface area (Å²) in [6.07, 6.45) is 0. The lowest BCUT2D eigenvalue weighted by Gasteiger charge is -2.19. The molecule has 1 aromatic heterocycles. The van der Waals surface area contributed by atoms with Crippen LogP contribution in [0, 0.1) is 11.3 Å². The van der Waals surface area contributed by atoms with Gasteiger partial charge in [-0.2, -0.15) is 0 Å². The number of hydrogen-bond acceptors (Lipinski definition) is 5. The van der Waals surface area contributed by atoms with Crippen molar-refractivity contribution in [2.24, 2.45) is 5.92 Å². The molecule has 0 unspecified atom stereocenters. The van der Waals surface area contributed by atoms with Gasteiger partial charge in [-0.3, -0.25) is 5.41 Å². The SMILES string of the molecule is CC(C)COC(=O)c1ccc(N2CC(O)=C(c3nc4ccccc4[nH]3)C2=N)cc1. The van der Waals surface area contributed by atoms with Gasteiger partial charge in [-0.25, -0.2) is 9.78 Å². The number of aromatic amines is 1. The summed E-state index contributed by atoms with van der Waals surface area (Å²) in [5, 5.41) is 19.0. The molecule has 2 heterocycles. The number of esters is 1. The number of aliphatic hydroxyl groups excluding tert-OH is 1. The van der Waals surface area contributed by atoms with Crippen LogP contribution in [0.4, 0.5) is 5.69 Å². The number of aromatic nitrogens is 2. The molecule has 7 heteroatoms. The Labute approximate surface area is 168 Å². The van der Waals surface area contributed by atoms with Gasteiger partial charge in [0.2, 0.25) is 0 Å². The summed E-state index contributed by atoms with van der Waals surface area (Å²) in [6, 6.07) is 14.4. The maximum atomic E-state index is 12.1. The van der Waals surface area contributed by atoms with Gasteiger partial charge in [0.15, 0.2) is 0 Å². The fourth-order valence-corrected chi connectivity index (χ4v) is 3.22. The van der Waals surface area contributed by atoms with E-state index in [0.717, 1.165) is 11.0 Å². The first-order valence-electron chi connectivity index (χ1n) is 9.45. The molecular formula is C22H22N4O3. The molecule has 7 nitrogen and oxygen atoms in total. The number of nitrogens with one attached hydrogen (secondary N) is 2. The third-order valence-electron chi connectivity index (χ3n) is 4.69. The minimum Gasteiger partial charge on any atom is -0.509 e. The van der Waals surface area contributed by atoms with Crippen LogP contribution in [-0.4, -0.2) is 40.0 Å². The van der Waals surface area contributed by atoms with Gasteiger partial charge in [-0.05, 0) is 42.3 Å². The number of nitrogens with zero attached hydrogens (tertiary/aromatic N) is 2. The number of anilines is 1. The number of H-pyrrole nitrogens is 1. The highest BCUT2D eigenvalue weighted by Gasteiger charge is 2.31. The summed E-state index contributed by atoms with van der Waals surface area (Å²) in [4.78, 5) is 21.4. The zero-order valence-electron chi connectivity index (χ0n) is 16.3. The van der Waals surface area contributed by atoms with E-state index in [1.165, 1.54) is 0 Å². The maximum absolute atomic E-state index is 12.1. The van der Waals surface area contributed by atoms with Crippen molar-refractivity contribution in [2.45, 2.75) is 13.8 Å². The number of rotatable bonds is 5. The topological polar surface area (TPSA) is 102 Å². The summed E-state index contributed by atoms with van der Waals surface area (Å²) in [5.74, 6) is 0.593. The maximum Gasteiger partial charge on any atom is 0.338 e. The first kappa shape index (κ1) is 18.7. The fraction of sp³-hybridized carbons (Fsp3) is 0.227. The number of carbonyl (C=O) groups excluding carboxylic acids is 1. The first-order valence-corrected chi connectivity index (χ1v) is 9.45. The predicted octanol–water partition coefficient (Wildman–Crippen LogP) is 4.14. The lowest BCUT2D eigenvalue weighted by Crippen LogP contribution is -2.26. The molecule has 0 amide bonds. The molecule has 0 fully saturated rings. The molecule has 148 valence electrons. The molecule has 1 aliphatic rings. The third kappa shape index (κ3) is 3.59. The Bertz CT molecular complexity index is 1080. The van der Waals surface area contributed by atoms with Crippen molar-refractivity contribution in [3.05, 3.63) is 65.7 Å². The first-order chi connectivity index (χ1) is 13.9. The molecule has 29 heavy (non-hydrogen) atoms. The van der Waals surface area contributed by atoms with E-state index in [9.17, 15) is 9.90 Å². The van der Waals surface area contributed by atoms with Crippen molar-refractivity contribution in [2.75, 3.05) is 18.1 Å². The van der Waals surface area contributed by atoms with E-state index in [4.69, 9.17) is 10.1 Å². The number of benzene rings is 2. The number of carbonyl (C=O) groups is 1. The van der Waals surface area contributed by atoms with Crippen LogP contribution in [0.25, 0.3) is 16.6 Å². The number of ether oxygens (including phenoxy) is 1. The van der Waals surface area contributed by atoms with E-state index in [1.54, 1.807) is 29.2 Å². The van der Waals surface area contributed by atoms with Crippen LogP contribution in [0.3, 0.4) is 0 Å². The molecule has 3 aromatic rings. The van der Waals surface area contributed by atoms with Crippen molar-refractivity contribution in [3.63, 3.8) is 0 Å². The van der Waals surface area contributed by atoms with E-state index in [0.29, 0.717) is 29.3 Å². The van der Waals surface area contributed by atoms with E-state index in [1.807, 2.05) is 38.1 Å². The Balaban J connectivity index is 1.54. The van der Waals surface area contributed by atoms with Gasteiger partial charge in [0, 0.05) is 5.69 Å². The molecule has 1 aliphatic heterocycles. The number of para-hydroxylation sites is 2. The van der Waals surface area contributed by atoms with Crippen molar-refractivity contribution in [3.8, 4) is 0 Å². The number of hydrogen-bond donors (Lipinski definition) is 3. The predicted molar refractivity (Wildman–Crippen MR) is 112 cm³/mol. The summed E-state index contributed by atoms with van der Waals surface area (Å²) in [6.45, 7) is 4.50. The molecule has 0 atom stereocenters. The highest BCUT2D eigenvalue weighted by Crippen LogP contribution is 2.31. The Hall–Kier alpha value is -3.61. The van der Waals surface area contributed by atoms with Crippen molar-refractivity contribution in [1.82, 2.24) is 9.97 Å². The lowest BCUT2D eigenvalue weighted by atomic mass is 10.2. The molecular weight excluding hydrogens is 368 g/mol. The quantitative estimate of drug-likeness (QED) is 0.568. The van der Waals surface area contributed by atoms with Gasteiger partial charge in [0.1, 0.15) is 17.4 Å². The van der Waals surface area contributed by atoms with Crippen LogP contribution in [0.15, 0.2) is 54.3 Å². The standard InChI is InChI=1S/C22H22N4O3/c1-13(2)12-29-22(28)14-7-9-15(10-8-14)26-11-18(27)19(20(26)23)21-24-16-5-3-4-6-17(16)25-21/h3-10,13,23,27H,11-12H2,1-2H3,(H,24,25). The van der Waals surface area contributed by atoms with Crippen LogP contribution in [0.2, 0.25) is 0 Å². The zero-order chi connectivity index (χ0) is 20.5. The van der Waals surface area contributed by atoms with Crippen LogP contribution < -0.4 is 4.90 Å². The molecule has 0 radical (unpaired) electrons. The van der Waals surface area contributed by atoms with E-state index >= 15 is 0 Å². The minimum absolute atomic E-state index is 0.0782. The van der Waals surface area contributed by atoms with Gasteiger partial charge in [0.05, 0.1) is 35.3 Å². The highest BCUT2D eigenvalue weighted by molar-refractivity contribution is 6.30. The summed E-state index contributed by atoms with van der Waals surface area (Å²) >= 11 is 0. The normalized spacial score (nSPS) is 14.3.